The topological polar surface area (TPSA) is 89.2 Å². The molecule has 2 aromatic rings. The molecule has 0 unspecified atom stereocenters. The zero-order valence-electron chi connectivity index (χ0n) is 15.1. The third kappa shape index (κ3) is 4.36. The minimum absolute atomic E-state index is 0.00792. The summed E-state index contributed by atoms with van der Waals surface area (Å²) in [6.45, 7) is 6.17. The van der Waals surface area contributed by atoms with Crippen LogP contribution < -0.4 is 10.2 Å². The molecule has 0 saturated carbocycles. The van der Waals surface area contributed by atoms with Gasteiger partial charge in [-0.05, 0) is 20.8 Å². The van der Waals surface area contributed by atoms with Crippen LogP contribution in [-0.2, 0) is 18.4 Å². The number of likely N-dealkylation sites (N-methyl/N-ethyl adjacent to an activating group) is 1. The van der Waals surface area contributed by atoms with Gasteiger partial charge in [-0.3, -0.25) is 23.6 Å². The number of nitrogens with zero attached hydrogens (tertiary/aromatic N) is 4. The Labute approximate surface area is 150 Å². The quantitative estimate of drug-likeness (QED) is 0.805. The summed E-state index contributed by atoms with van der Waals surface area (Å²) in [5.74, 6) is -0.439. The lowest BCUT2D eigenvalue weighted by Crippen LogP contribution is -2.38. The van der Waals surface area contributed by atoms with Gasteiger partial charge < -0.3 is 10.2 Å². The molecule has 0 aromatic carbocycles. The molecular weight excluding hydrogens is 342 g/mol. The highest BCUT2D eigenvalue weighted by Gasteiger charge is 2.18. The van der Waals surface area contributed by atoms with E-state index in [9.17, 15) is 14.4 Å². The Morgan fingerprint density at radius 1 is 1.32 bits per heavy atom. The van der Waals surface area contributed by atoms with Crippen molar-refractivity contribution < 1.29 is 9.59 Å². The van der Waals surface area contributed by atoms with Gasteiger partial charge in [-0.25, -0.2) is 0 Å². The van der Waals surface area contributed by atoms with Crippen LogP contribution in [0.3, 0.4) is 0 Å². The standard InChI is InChI=1S/C16H23N5O3S/c1-10-8-20(5)18-14(10)15(23)19(4)7-6-17-13(22)9-21-11(2)12(3)25-16(21)24/h8H,6-7,9H2,1-5H3,(H,17,22). The van der Waals surface area contributed by atoms with Crippen molar-refractivity contribution >= 4 is 23.2 Å². The molecule has 136 valence electrons. The molecule has 0 atom stereocenters. The molecule has 2 aromatic heterocycles. The van der Waals surface area contributed by atoms with E-state index in [0.717, 1.165) is 27.5 Å². The molecule has 0 aliphatic carbocycles. The number of aromatic nitrogens is 3. The van der Waals surface area contributed by atoms with Gasteiger partial charge in [0.2, 0.25) is 5.91 Å². The van der Waals surface area contributed by atoms with Crippen LogP contribution in [0.1, 0.15) is 26.6 Å². The molecule has 0 fully saturated rings. The van der Waals surface area contributed by atoms with E-state index in [-0.39, 0.29) is 23.2 Å². The second kappa shape index (κ2) is 7.64. The highest BCUT2D eigenvalue weighted by molar-refractivity contribution is 7.09. The molecular formula is C16H23N5O3S. The van der Waals surface area contributed by atoms with Crippen molar-refractivity contribution in [2.75, 3.05) is 20.1 Å². The minimum atomic E-state index is -0.252. The van der Waals surface area contributed by atoms with Crippen LogP contribution >= 0.6 is 11.3 Å². The molecule has 2 rings (SSSR count). The highest BCUT2D eigenvalue weighted by Crippen LogP contribution is 2.09. The summed E-state index contributed by atoms with van der Waals surface area (Å²) in [6.07, 6.45) is 1.78. The summed E-state index contributed by atoms with van der Waals surface area (Å²) in [4.78, 5) is 38.4. The van der Waals surface area contributed by atoms with Gasteiger partial charge in [0.25, 0.3) is 5.91 Å². The van der Waals surface area contributed by atoms with E-state index in [1.807, 2.05) is 20.8 Å². The van der Waals surface area contributed by atoms with E-state index in [4.69, 9.17) is 0 Å². The van der Waals surface area contributed by atoms with Crippen LogP contribution in [0.15, 0.2) is 11.0 Å². The third-order valence-corrected chi connectivity index (χ3v) is 5.00. The minimum Gasteiger partial charge on any atom is -0.353 e. The first-order chi connectivity index (χ1) is 11.7. The van der Waals surface area contributed by atoms with Crippen LogP contribution in [0, 0.1) is 20.8 Å². The maximum atomic E-state index is 12.3. The summed E-state index contributed by atoms with van der Waals surface area (Å²) < 4.78 is 3.06. The Balaban J connectivity index is 1.85. The van der Waals surface area contributed by atoms with Gasteiger partial charge in [-0.1, -0.05) is 11.3 Å². The van der Waals surface area contributed by atoms with E-state index in [2.05, 4.69) is 10.4 Å². The number of rotatable bonds is 6. The molecule has 0 radical (unpaired) electrons. The third-order valence-electron chi connectivity index (χ3n) is 4.01. The van der Waals surface area contributed by atoms with Gasteiger partial charge in [-0.2, -0.15) is 5.10 Å². The lowest BCUT2D eigenvalue weighted by molar-refractivity contribution is -0.121. The summed E-state index contributed by atoms with van der Waals surface area (Å²) >= 11 is 1.14. The van der Waals surface area contributed by atoms with Crippen molar-refractivity contribution in [3.63, 3.8) is 0 Å². The van der Waals surface area contributed by atoms with Crippen LogP contribution in [0.2, 0.25) is 0 Å². The fraction of sp³-hybridized carbons (Fsp3) is 0.500. The molecule has 0 aliphatic rings. The van der Waals surface area contributed by atoms with E-state index < -0.39 is 0 Å². The summed E-state index contributed by atoms with van der Waals surface area (Å²) in [7, 11) is 3.43. The largest absolute Gasteiger partial charge is 0.353 e. The second-order valence-corrected chi connectivity index (χ2v) is 7.17. The van der Waals surface area contributed by atoms with Crippen LogP contribution in [0.25, 0.3) is 0 Å². The molecule has 9 heteroatoms. The fourth-order valence-corrected chi connectivity index (χ4v) is 3.26. The maximum absolute atomic E-state index is 12.3. The van der Waals surface area contributed by atoms with Crippen molar-refractivity contribution in [2.24, 2.45) is 7.05 Å². The molecule has 2 heterocycles. The van der Waals surface area contributed by atoms with Gasteiger partial charge in [0.15, 0.2) is 5.69 Å². The molecule has 2 amide bonds. The van der Waals surface area contributed by atoms with Crippen molar-refractivity contribution in [2.45, 2.75) is 27.3 Å². The van der Waals surface area contributed by atoms with Crippen LogP contribution in [0.4, 0.5) is 0 Å². The number of nitrogens with one attached hydrogen (secondary N) is 1. The van der Waals surface area contributed by atoms with Gasteiger partial charge in [0.05, 0.1) is 0 Å². The van der Waals surface area contributed by atoms with Crippen molar-refractivity contribution in [1.82, 2.24) is 24.6 Å². The molecule has 0 bridgehead atoms. The molecule has 0 saturated heterocycles. The number of hydrogen-bond acceptors (Lipinski definition) is 5. The van der Waals surface area contributed by atoms with E-state index in [1.165, 1.54) is 9.47 Å². The average Bonchev–Trinajstić information content (AvgIpc) is 2.99. The van der Waals surface area contributed by atoms with Crippen molar-refractivity contribution in [1.29, 1.82) is 0 Å². The fourth-order valence-electron chi connectivity index (χ4n) is 2.43. The lowest BCUT2D eigenvalue weighted by atomic mass is 10.2. The highest BCUT2D eigenvalue weighted by atomic mass is 32.1. The van der Waals surface area contributed by atoms with Gasteiger partial charge in [0.1, 0.15) is 6.54 Å². The number of carbonyl (C=O) groups excluding carboxylic acids is 2. The Bertz CT molecular complexity index is 849. The van der Waals surface area contributed by atoms with Crippen molar-refractivity contribution in [3.05, 3.63) is 37.7 Å². The Kier molecular flexibility index (Phi) is 5.78. The summed E-state index contributed by atoms with van der Waals surface area (Å²) in [5.41, 5.74) is 2.03. The monoisotopic (exact) mass is 365 g/mol. The predicted molar refractivity (Wildman–Crippen MR) is 96.0 cm³/mol. The van der Waals surface area contributed by atoms with Crippen LogP contribution in [0.5, 0.6) is 0 Å². The molecule has 8 nitrogen and oxygen atoms in total. The Morgan fingerprint density at radius 2 is 2.00 bits per heavy atom. The summed E-state index contributed by atoms with van der Waals surface area (Å²) in [6, 6.07) is 0. The maximum Gasteiger partial charge on any atom is 0.308 e. The first-order valence-corrected chi connectivity index (χ1v) is 8.71. The van der Waals surface area contributed by atoms with Gasteiger partial charge >= 0.3 is 4.87 Å². The van der Waals surface area contributed by atoms with Gasteiger partial charge in [0, 0.05) is 49.5 Å². The van der Waals surface area contributed by atoms with E-state index in [1.54, 1.807) is 25.0 Å². The smallest absolute Gasteiger partial charge is 0.308 e. The Morgan fingerprint density at radius 3 is 2.52 bits per heavy atom. The average molecular weight is 365 g/mol. The zero-order valence-corrected chi connectivity index (χ0v) is 15.9. The first-order valence-electron chi connectivity index (χ1n) is 7.90. The van der Waals surface area contributed by atoms with Crippen molar-refractivity contribution in [3.8, 4) is 0 Å². The van der Waals surface area contributed by atoms with E-state index in [0.29, 0.717) is 18.8 Å². The molecule has 0 aliphatic heterocycles. The van der Waals surface area contributed by atoms with Crippen LogP contribution in [-0.4, -0.2) is 51.2 Å². The number of thiazole rings is 1. The SMILES string of the molecule is Cc1cn(C)nc1C(=O)N(C)CCNC(=O)Cn1c(C)c(C)sc1=O. The lowest BCUT2D eigenvalue weighted by Gasteiger charge is -2.16. The second-order valence-electron chi connectivity index (χ2n) is 6.01. The van der Waals surface area contributed by atoms with Gasteiger partial charge in [-0.15, -0.1) is 0 Å². The molecule has 0 spiro atoms. The zero-order chi connectivity index (χ0) is 18.7. The normalized spacial score (nSPS) is 10.8. The Hall–Kier alpha value is -2.42. The first kappa shape index (κ1) is 18.9. The number of aryl methyl sites for hydroxylation is 3. The predicted octanol–water partition coefficient (Wildman–Crippen LogP) is 0.457. The molecule has 1 N–H and O–H groups in total. The number of carbonyl (C=O) groups is 2. The number of amides is 2. The van der Waals surface area contributed by atoms with E-state index >= 15 is 0 Å². The number of hydrogen-bond donors (Lipinski definition) is 1. The molecule has 25 heavy (non-hydrogen) atoms. The summed E-state index contributed by atoms with van der Waals surface area (Å²) in [5, 5.41) is 6.89.